The average molecular weight is 306 g/mol. The van der Waals surface area contributed by atoms with E-state index in [2.05, 4.69) is 10.3 Å². The van der Waals surface area contributed by atoms with E-state index >= 15 is 0 Å². The van der Waals surface area contributed by atoms with Gasteiger partial charge in [0, 0.05) is 17.1 Å². The summed E-state index contributed by atoms with van der Waals surface area (Å²) in [6.07, 6.45) is 1.72. The summed E-state index contributed by atoms with van der Waals surface area (Å²) in [4.78, 5) is 16.9. The number of hydrogen-bond acceptors (Lipinski definition) is 4. The molecule has 2 heterocycles. The minimum Gasteiger partial charge on any atom is -0.454 e. The molecule has 0 fully saturated rings. The number of rotatable bonds is 2. The standard InChI is InChI=1S/C18H14N2O3/c1-11-7-12-3-2-6-19-17(12)14(8-11)20-18(21)13-4-5-15-16(9-13)23-10-22-15/h2-9H,10H2,1H3,(H,20,21). The highest BCUT2D eigenvalue weighted by Crippen LogP contribution is 2.33. The van der Waals surface area contributed by atoms with Gasteiger partial charge in [-0.2, -0.15) is 0 Å². The molecule has 1 N–H and O–H groups in total. The highest BCUT2D eigenvalue weighted by Gasteiger charge is 2.17. The van der Waals surface area contributed by atoms with Gasteiger partial charge in [-0.15, -0.1) is 0 Å². The molecule has 3 aromatic rings. The van der Waals surface area contributed by atoms with Crippen LogP contribution in [0.2, 0.25) is 0 Å². The first kappa shape index (κ1) is 13.6. The quantitative estimate of drug-likeness (QED) is 0.787. The molecule has 1 amide bonds. The first-order valence-corrected chi connectivity index (χ1v) is 7.27. The monoisotopic (exact) mass is 306 g/mol. The largest absolute Gasteiger partial charge is 0.454 e. The van der Waals surface area contributed by atoms with Crippen molar-refractivity contribution in [2.45, 2.75) is 6.92 Å². The Morgan fingerprint density at radius 1 is 1.13 bits per heavy atom. The van der Waals surface area contributed by atoms with Crippen molar-refractivity contribution in [1.82, 2.24) is 4.98 Å². The Labute approximate surface area is 132 Å². The Morgan fingerprint density at radius 3 is 2.91 bits per heavy atom. The summed E-state index contributed by atoms with van der Waals surface area (Å²) in [7, 11) is 0. The van der Waals surface area contributed by atoms with Crippen molar-refractivity contribution in [2.75, 3.05) is 12.1 Å². The first-order valence-electron chi connectivity index (χ1n) is 7.27. The Bertz CT molecular complexity index is 921. The molecule has 4 rings (SSSR count). The van der Waals surface area contributed by atoms with Crippen molar-refractivity contribution >= 4 is 22.5 Å². The number of amides is 1. The van der Waals surface area contributed by atoms with E-state index in [0.717, 1.165) is 16.5 Å². The van der Waals surface area contributed by atoms with E-state index in [4.69, 9.17) is 9.47 Å². The number of nitrogens with one attached hydrogen (secondary N) is 1. The lowest BCUT2D eigenvalue weighted by atomic mass is 10.1. The summed E-state index contributed by atoms with van der Waals surface area (Å²) >= 11 is 0. The molecule has 1 aromatic heterocycles. The second kappa shape index (κ2) is 5.28. The van der Waals surface area contributed by atoms with E-state index in [1.54, 1.807) is 24.4 Å². The molecule has 0 saturated carbocycles. The van der Waals surface area contributed by atoms with Gasteiger partial charge in [-0.25, -0.2) is 0 Å². The zero-order valence-electron chi connectivity index (χ0n) is 12.5. The SMILES string of the molecule is Cc1cc(NC(=O)c2ccc3c(c2)OCO3)c2ncccc2c1. The average Bonchev–Trinajstić information content (AvgIpc) is 3.02. The Balaban J connectivity index is 1.69. The normalized spacial score (nSPS) is 12.4. The van der Waals surface area contributed by atoms with Crippen LogP contribution in [0.1, 0.15) is 15.9 Å². The second-order valence-electron chi connectivity index (χ2n) is 5.41. The van der Waals surface area contributed by atoms with Crippen LogP contribution in [0.4, 0.5) is 5.69 Å². The van der Waals surface area contributed by atoms with Crippen LogP contribution < -0.4 is 14.8 Å². The van der Waals surface area contributed by atoms with Gasteiger partial charge in [0.1, 0.15) is 0 Å². The van der Waals surface area contributed by atoms with Crippen LogP contribution in [0.3, 0.4) is 0 Å². The summed E-state index contributed by atoms with van der Waals surface area (Å²) in [5.74, 6) is 1.04. The number of aromatic nitrogens is 1. The Kier molecular flexibility index (Phi) is 3.12. The van der Waals surface area contributed by atoms with Crippen LogP contribution in [0.15, 0.2) is 48.7 Å². The van der Waals surface area contributed by atoms with Gasteiger partial charge < -0.3 is 14.8 Å². The van der Waals surface area contributed by atoms with Gasteiger partial charge in [-0.3, -0.25) is 9.78 Å². The van der Waals surface area contributed by atoms with Crippen molar-refractivity contribution in [3.05, 3.63) is 59.8 Å². The molecule has 0 radical (unpaired) electrons. The molecule has 5 nitrogen and oxygen atoms in total. The minimum atomic E-state index is -0.208. The molecule has 0 bridgehead atoms. The van der Waals surface area contributed by atoms with Crippen LogP contribution >= 0.6 is 0 Å². The molecule has 5 heteroatoms. The molecule has 0 unspecified atom stereocenters. The summed E-state index contributed by atoms with van der Waals surface area (Å²) in [5.41, 5.74) is 3.04. The molecular weight excluding hydrogens is 292 g/mol. The third-order valence-corrected chi connectivity index (χ3v) is 3.73. The summed E-state index contributed by atoms with van der Waals surface area (Å²) in [5, 5.41) is 3.93. The smallest absolute Gasteiger partial charge is 0.255 e. The lowest BCUT2D eigenvalue weighted by molar-refractivity contribution is 0.102. The Morgan fingerprint density at radius 2 is 2.00 bits per heavy atom. The fourth-order valence-corrected chi connectivity index (χ4v) is 2.67. The lowest BCUT2D eigenvalue weighted by Crippen LogP contribution is -2.12. The van der Waals surface area contributed by atoms with Crippen LogP contribution in [-0.2, 0) is 0 Å². The van der Waals surface area contributed by atoms with Crippen molar-refractivity contribution in [1.29, 1.82) is 0 Å². The van der Waals surface area contributed by atoms with Gasteiger partial charge in [0.25, 0.3) is 5.91 Å². The third-order valence-electron chi connectivity index (χ3n) is 3.73. The van der Waals surface area contributed by atoms with Crippen molar-refractivity contribution < 1.29 is 14.3 Å². The Hall–Kier alpha value is -3.08. The van der Waals surface area contributed by atoms with E-state index < -0.39 is 0 Å². The van der Waals surface area contributed by atoms with Crippen molar-refractivity contribution in [2.24, 2.45) is 0 Å². The van der Waals surface area contributed by atoms with Crippen LogP contribution in [-0.4, -0.2) is 17.7 Å². The van der Waals surface area contributed by atoms with Gasteiger partial charge in [0.05, 0.1) is 11.2 Å². The number of hydrogen-bond donors (Lipinski definition) is 1. The molecular formula is C18H14N2O3. The zero-order valence-corrected chi connectivity index (χ0v) is 12.5. The number of carbonyl (C=O) groups is 1. The van der Waals surface area contributed by atoms with Gasteiger partial charge in [0.15, 0.2) is 11.5 Å². The molecule has 1 aliphatic heterocycles. The molecule has 23 heavy (non-hydrogen) atoms. The highest BCUT2D eigenvalue weighted by atomic mass is 16.7. The van der Waals surface area contributed by atoms with E-state index in [-0.39, 0.29) is 12.7 Å². The van der Waals surface area contributed by atoms with E-state index in [9.17, 15) is 4.79 Å². The number of carbonyl (C=O) groups excluding carboxylic acids is 1. The zero-order chi connectivity index (χ0) is 15.8. The number of nitrogens with zero attached hydrogens (tertiary/aromatic N) is 1. The summed E-state index contributed by atoms with van der Waals surface area (Å²) in [6.45, 7) is 2.18. The molecule has 0 aliphatic carbocycles. The predicted molar refractivity (Wildman–Crippen MR) is 87.0 cm³/mol. The summed E-state index contributed by atoms with van der Waals surface area (Å²) < 4.78 is 10.6. The van der Waals surface area contributed by atoms with Gasteiger partial charge in [-0.05, 0) is 48.9 Å². The van der Waals surface area contributed by atoms with Crippen molar-refractivity contribution in [3.63, 3.8) is 0 Å². The highest BCUT2D eigenvalue weighted by molar-refractivity contribution is 6.08. The van der Waals surface area contributed by atoms with Crippen molar-refractivity contribution in [3.8, 4) is 11.5 Å². The molecule has 114 valence electrons. The number of fused-ring (bicyclic) bond motifs is 2. The van der Waals surface area contributed by atoms with E-state index in [1.807, 2.05) is 31.2 Å². The van der Waals surface area contributed by atoms with Crippen LogP contribution in [0.5, 0.6) is 11.5 Å². The van der Waals surface area contributed by atoms with E-state index in [0.29, 0.717) is 22.7 Å². The second-order valence-corrected chi connectivity index (χ2v) is 5.41. The number of pyridine rings is 1. The number of aryl methyl sites for hydroxylation is 1. The fourth-order valence-electron chi connectivity index (χ4n) is 2.67. The van der Waals surface area contributed by atoms with Gasteiger partial charge in [0.2, 0.25) is 6.79 Å². The minimum absolute atomic E-state index is 0.187. The number of benzene rings is 2. The maximum absolute atomic E-state index is 12.5. The topological polar surface area (TPSA) is 60.5 Å². The molecule has 0 atom stereocenters. The van der Waals surface area contributed by atoms with Crippen LogP contribution in [0.25, 0.3) is 10.9 Å². The maximum Gasteiger partial charge on any atom is 0.255 e. The summed E-state index contributed by atoms with van der Waals surface area (Å²) in [6, 6.07) is 13.0. The maximum atomic E-state index is 12.5. The van der Waals surface area contributed by atoms with Gasteiger partial charge >= 0.3 is 0 Å². The van der Waals surface area contributed by atoms with Gasteiger partial charge in [-0.1, -0.05) is 6.07 Å². The van der Waals surface area contributed by atoms with Crippen LogP contribution in [0, 0.1) is 6.92 Å². The third kappa shape index (κ3) is 2.46. The molecule has 2 aromatic carbocycles. The molecule has 0 spiro atoms. The van der Waals surface area contributed by atoms with E-state index in [1.165, 1.54) is 0 Å². The molecule has 0 saturated heterocycles. The lowest BCUT2D eigenvalue weighted by Gasteiger charge is -2.10. The fraction of sp³-hybridized carbons (Fsp3) is 0.111. The first-order chi connectivity index (χ1) is 11.2. The number of anilines is 1. The molecule has 1 aliphatic rings. The predicted octanol–water partition coefficient (Wildman–Crippen LogP) is 3.52. The number of ether oxygens (including phenoxy) is 2.